The summed E-state index contributed by atoms with van der Waals surface area (Å²) in [5.74, 6) is -0.913. The average molecular weight is 588 g/mol. The Morgan fingerprint density at radius 2 is 2.00 bits per heavy atom. The van der Waals surface area contributed by atoms with E-state index in [-0.39, 0.29) is 35.9 Å². The minimum Gasteiger partial charge on any atom is -0.496 e. The molecule has 6 atom stereocenters. The largest absolute Gasteiger partial charge is 0.496 e. The number of nitrogens with one attached hydrogen (secondary N) is 2. The molecular weight excluding hydrogens is 549 g/mol. The van der Waals surface area contributed by atoms with Crippen LogP contribution in [-0.2, 0) is 23.5 Å². The molecule has 1 aromatic heterocycles. The molecule has 3 fully saturated rings. The molecular formula is C29H38N3O8P. The summed E-state index contributed by atoms with van der Waals surface area (Å²) in [5.41, 5.74) is 1.09. The van der Waals surface area contributed by atoms with E-state index in [9.17, 15) is 28.6 Å². The third kappa shape index (κ3) is 6.42. The second kappa shape index (κ2) is 12.1. The first kappa shape index (κ1) is 29.5. The minimum atomic E-state index is -3.93. The van der Waals surface area contributed by atoms with Gasteiger partial charge >= 0.3 is 7.60 Å². The van der Waals surface area contributed by atoms with Crippen LogP contribution >= 0.6 is 7.60 Å². The Kier molecular flexibility index (Phi) is 8.68. The number of ketones is 2. The standard InChI is InChI=1S/C29H38N3O8P/c1-39-26-12-6-10-21-20(26)14-23(30-21)29(36)32-15-18-8-5-9-19(18)27(32)28(35)31-22(25(34)16-40-41(2,37)38)13-17-7-3-4-11-24(17)33/h6,10,12,14,17-19,22,27,30H,3-5,7-9,11,13,15-16H2,1-2H3,(H,31,35)(H,37,38). The summed E-state index contributed by atoms with van der Waals surface area (Å²) in [6, 6.07) is 5.37. The number of aromatic nitrogens is 1. The van der Waals surface area contributed by atoms with Crippen LogP contribution in [0.1, 0.15) is 61.9 Å². The number of aromatic amines is 1. The molecule has 2 amide bonds. The van der Waals surface area contributed by atoms with Gasteiger partial charge in [-0.1, -0.05) is 18.9 Å². The zero-order chi connectivity index (χ0) is 29.3. The van der Waals surface area contributed by atoms with Gasteiger partial charge in [0.15, 0.2) is 5.78 Å². The van der Waals surface area contributed by atoms with E-state index in [1.807, 2.05) is 18.2 Å². The number of carbonyl (C=O) groups excluding carboxylic acids is 4. The van der Waals surface area contributed by atoms with E-state index in [4.69, 9.17) is 9.26 Å². The van der Waals surface area contributed by atoms with Crippen molar-refractivity contribution in [2.45, 2.75) is 63.5 Å². The molecule has 3 N–H and O–H groups in total. The van der Waals surface area contributed by atoms with Crippen molar-refractivity contribution in [3.8, 4) is 5.75 Å². The van der Waals surface area contributed by atoms with Crippen LogP contribution in [0.15, 0.2) is 24.3 Å². The number of H-pyrrole nitrogens is 1. The van der Waals surface area contributed by atoms with E-state index in [0.717, 1.165) is 49.7 Å². The number of methoxy groups -OCH3 is 1. The van der Waals surface area contributed by atoms with Gasteiger partial charge in [0.1, 0.15) is 29.9 Å². The molecule has 222 valence electrons. The van der Waals surface area contributed by atoms with Crippen LogP contribution in [0.2, 0.25) is 0 Å². The third-order valence-corrected chi connectivity index (χ3v) is 9.46. The first-order chi connectivity index (χ1) is 19.6. The highest BCUT2D eigenvalue weighted by atomic mass is 31.2. The quantitative estimate of drug-likeness (QED) is 0.357. The van der Waals surface area contributed by atoms with Gasteiger partial charge in [-0.15, -0.1) is 0 Å². The zero-order valence-corrected chi connectivity index (χ0v) is 24.4. The number of fused-ring (bicyclic) bond motifs is 2. The van der Waals surface area contributed by atoms with E-state index < -0.39 is 38.0 Å². The van der Waals surface area contributed by atoms with Gasteiger partial charge in [-0.25, -0.2) is 0 Å². The van der Waals surface area contributed by atoms with Crippen molar-refractivity contribution < 1.29 is 37.9 Å². The monoisotopic (exact) mass is 587 g/mol. The number of hydrogen-bond donors (Lipinski definition) is 3. The summed E-state index contributed by atoms with van der Waals surface area (Å²) in [4.78, 5) is 67.8. The third-order valence-electron chi connectivity index (χ3n) is 8.85. The predicted molar refractivity (Wildman–Crippen MR) is 151 cm³/mol. The lowest BCUT2D eigenvalue weighted by atomic mass is 9.82. The molecule has 2 saturated carbocycles. The van der Waals surface area contributed by atoms with E-state index in [1.54, 1.807) is 18.1 Å². The van der Waals surface area contributed by atoms with Gasteiger partial charge in [0, 0.05) is 36.5 Å². The Labute approximate surface area is 238 Å². The van der Waals surface area contributed by atoms with Crippen LogP contribution in [0.5, 0.6) is 5.75 Å². The summed E-state index contributed by atoms with van der Waals surface area (Å²) < 4.78 is 22.0. The van der Waals surface area contributed by atoms with Crippen LogP contribution in [0.4, 0.5) is 0 Å². The highest BCUT2D eigenvalue weighted by Crippen LogP contribution is 2.43. The topological polar surface area (TPSA) is 155 Å². The lowest BCUT2D eigenvalue weighted by molar-refractivity contribution is -0.133. The number of hydrogen-bond acceptors (Lipinski definition) is 7. The van der Waals surface area contributed by atoms with Crippen molar-refractivity contribution in [2.24, 2.45) is 17.8 Å². The van der Waals surface area contributed by atoms with E-state index in [2.05, 4.69) is 10.3 Å². The van der Waals surface area contributed by atoms with E-state index in [1.165, 1.54) is 0 Å². The van der Waals surface area contributed by atoms with Gasteiger partial charge in [-0.2, -0.15) is 0 Å². The molecule has 1 saturated heterocycles. The normalized spacial score (nSPS) is 26.4. The molecule has 0 bridgehead atoms. The van der Waals surface area contributed by atoms with Gasteiger partial charge in [-0.3, -0.25) is 23.7 Å². The SMILES string of the molecule is COc1cccc2[nH]c(C(=O)N3CC4CCCC4C3C(=O)NC(CC3CCCCC3=O)C(=O)COP(C)(=O)O)cc12. The second-order valence-corrected chi connectivity index (χ2v) is 13.5. The highest BCUT2D eigenvalue weighted by molar-refractivity contribution is 7.51. The van der Waals surface area contributed by atoms with Gasteiger partial charge in [-0.05, 0) is 62.1 Å². The first-order valence-corrected chi connectivity index (χ1v) is 16.4. The van der Waals surface area contributed by atoms with Crippen LogP contribution < -0.4 is 10.1 Å². The fourth-order valence-corrected chi connectivity index (χ4v) is 7.19. The number of carbonyl (C=O) groups is 4. The van der Waals surface area contributed by atoms with Crippen molar-refractivity contribution in [1.29, 1.82) is 0 Å². The van der Waals surface area contributed by atoms with Gasteiger partial charge < -0.3 is 29.4 Å². The minimum absolute atomic E-state index is 0.0468. The fraction of sp³-hybridized carbons (Fsp3) is 0.586. The predicted octanol–water partition coefficient (Wildman–Crippen LogP) is 3.45. The Morgan fingerprint density at radius 3 is 2.73 bits per heavy atom. The Morgan fingerprint density at radius 1 is 1.20 bits per heavy atom. The molecule has 0 radical (unpaired) electrons. The molecule has 12 heteroatoms. The highest BCUT2D eigenvalue weighted by Gasteiger charge is 2.50. The van der Waals surface area contributed by atoms with Crippen molar-refractivity contribution in [3.05, 3.63) is 30.0 Å². The maximum atomic E-state index is 13.9. The molecule has 11 nitrogen and oxygen atoms in total. The molecule has 2 heterocycles. The lowest BCUT2D eigenvalue weighted by Crippen LogP contribution is -2.54. The van der Waals surface area contributed by atoms with Crippen LogP contribution in [0, 0.1) is 17.8 Å². The van der Waals surface area contributed by atoms with Crippen molar-refractivity contribution in [3.63, 3.8) is 0 Å². The molecule has 2 aromatic rings. The molecule has 1 aliphatic heterocycles. The van der Waals surface area contributed by atoms with Crippen molar-refractivity contribution in [1.82, 2.24) is 15.2 Å². The molecule has 5 rings (SSSR count). The Hall–Kier alpha value is -3.01. The molecule has 6 unspecified atom stereocenters. The number of ether oxygens (including phenoxy) is 1. The van der Waals surface area contributed by atoms with E-state index >= 15 is 0 Å². The Bertz CT molecular complexity index is 1380. The molecule has 0 spiro atoms. The fourth-order valence-electron chi connectivity index (χ4n) is 6.83. The number of likely N-dealkylation sites (tertiary alicyclic amines) is 1. The van der Waals surface area contributed by atoms with Crippen LogP contribution in [-0.4, -0.2) is 77.2 Å². The maximum absolute atomic E-state index is 13.9. The summed E-state index contributed by atoms with van der Waals surface area (Å²) >= 11 is 0. The summed E-state index contributed by atoms with van der Waals surface area (Å²) in [6.45, 7) is 0.757. The number of Topliss-reactive ketones (excluding diaryl/α,β-unsaturated/α-hetero) is 2. The smallest absolute Gasteiger partial charge is 0.325 e. The van der Waals surface area contributed by atoms with Gasteiger partial charge in [0.05, 0.1) is 13.2 Å². The van der Waals surface area contributed by atoms with Crippen LogP contribution in [0.25, 0.3) is 10.9 Å². The Balaban J connectivity index is 1.39. The summed E-state index contributed by atoms with van der Waals surface area (Å²) in [7, 11) is -2.36. The number of amides is 2. The number of benzene rings is 1. The molecule has 41 heavy (non-hydrogen) atoms. The zero-order valence-electron chi connectivity index (χ0n) is 23.5. The van der Waals surface area contributed by atoms with Crippen LogP contribution in [0.3, 0.4) is 0 Å². The average Bonchev–Trinajstić information content (AvgIpc) is 3.66. The number of rotatable bonds is 10. The van der Waals surface area contributed by atoms with Crippen molar-refractivity contribution in [2.75, 3.05) is 26.9 Å². The second-order valence-electron chi connectivity index (χ2n) is 11.6. The molecule has 3 aliphatic rings. The summed E-state index contributed by atoms with van der Waals surface area (Å²) in [6.07, 6.45) is 5.46. The number of nitrogens with zero attached hydrogens (tertiary/aromatic N) is 1. The lowest BCUT2D eigenvalue weighted by Gasteiger charge is -2.30. The summed E-state index contributed by atoms with van der Waals surface area (Å²) in [5, 5.41) is 3.60. The maximum Gasteiger partial charge on any atom is 0.325 e. The molecule has 1 aromatic carbocycles. The van der Waals surface area contributed by atoms with Crippen molar-refractivity contribution >= 4 is 41.9 Å². The first-order valence-electron chi connectivity index (χ1n) is 14.3. The van der Waals surface area contributed by atoms with Gasteiger partial charge in [0.2, 0.25) is 5.91 Å². The molecule has 2 aliphatic carbocycles. The van der Waals surface area contributed by atoms with Gasteiger partial charge in [0.25, 0.3) is 5.91 Å². The van der Waals surface area contributed by atoms with E-state index in [0.29, 0.717) is 30.8 Å².